The predicted octanol–water partition coefficient (Wildman–Crippen LogP) is 3.90. The molecule has 2 N–H and O–H groups in total. The number of hydrogen-bond donors (Lipinski definition) is 2. The fraction of sp³-hybridized carbons (Fsp3) is 0.385. The Morgan fingerprint density at radius 2 is 1.88 bits per heavy atom. The highest BCUT2D eigenvalue weighted by atomic mass is 15.3. The van der Waals surface area contributed by atoms with Gasteiger partial charge in [-0.2, -0.15) is 5.10 Å². The van der Waals surface area contributed by atoms with E-state index in [1.165, 1.54) is 16.7 Å². The molecule has 0 atom stereocenters. The van der Waals surface area contributed by atoms with Crippen LogP contribution in [0.3, 0.4) is 0 Å². The van der Waals surface area contributed by atoms with Crippen LogP contribution in [0.4, 0.5) is 0 Å². The highest BCUT2D eigenvalue weighted by Crippen LogP contribution is 2.15. The Bertz CT molecular complexity index is 1000. The van der Waals surface area contributed by atoms with E-state index in [4.69, 9.17) is 4.99 Å². The van der Waals surface area contributed by atoms with Crippen molar-refractivity contribution in [3.8, 4) is 5.69 Å². The van der Waals surface area contributed by atoms with Gasteiger partial charge in [0.1, 0.15) is 0 Å². The second-order valence-electron chi connectivity index (χ2n) is 8.50. The van der Waals surface area contributed by atoms with Crippen molar-refractivity contribution < 1.29 is 0 Å². The molecule has 6 heteroatoms. The minimum Gasteiger partial charge on any atom is -0.357 e. The van der Waals surface area contributed by atoms with Crippen molar-refractivity contribution in [2.75, 3.05) is 19.6 Å². The summed E-state index contributed by atoms with van der Waals surface area (Å²) in [6.07, 6.45) is 6.01. The highest BCUT2D eigenvalue weighted by Gasteiger charge is 2.20. The maximum absolute atomic E-state index is 4.85. The van der Waals surface area contributed by atoms with E-state index in [9.17, 15) is 0 Å². The number of nitrogens with zero attached hydrogens (tertiary/aromatic N) is 4. The normalized spacial score (nSPS) is 15.6. The van der Waals surface area contributed by atoms with Crippen molar-refractivity contribution in [3.05, 3.63) is 83.7 Å². The van der Waals surface area contributed by atoms with E-state index >= 15 is 0 Å². The molecule has 0 saturated carbocycles. The standard InChI is InChI=1S/C26H34N6/c1-3-27-26(28-19-22-8-5-10-25(18-22)32-14-6-13-29-32)30-24-11-15-31(16-12-24)20-23-9-4-7-21(2)17-23/h4-10,13-14,17-18,24H,3,11-12,15-16,19-20H2,1-2H3,(H2,27,28,30). The first-order valence-electron chi connectivity index (χ1n) is 11.6. The number of hydrogen-bond acceptors (Lipinski definition) is 3. The number of likely N-dealkylation sites (tertiary alicyclic amines) is 1. The molecule has 0 aliphatic carbocycles. The summed E-state index contributed by atoms with van der Waals surface area (Å²) in [7, 11) is 0. The van der Waals surface area contributed by atoms with Gasteiger partial charge < -0.3 is 10.6 Å². The van der Waals surface area contributed by atoms with E-state index in [2.05, 4.69) is 83.0 Å². The number of aryl methyl sites for hydroxylation is 1. The van der Waals surface area contributed by atoms with Gasteiger partial charge in [-0.05, 0) is 56.0 Å². The Kier molecular flexibility index (Phi) is 7.56. The molecule has 1 aliphatic heterocycles. The number of rotatable bonds is 7. The average molecular weight is 431 g/mol. The molecular weight excluding hydrogens is 396 g/mol. The number of benzene rings is 2. The molecule has 1 aromatic heterocycles. The molecule has 4 rings (SSSR count). The van der Waals surface area contributed by atoms with Crippen LogP contribution in [0.5, 0.6) is 0 Å². The molecular formula is C26H34N6. The lowest BCUT2D eigenvalue weighted by molar-refractivity contribution is 0.198. The molecule has 0 radical (unpaired) electrons. The minimum absolute atomic E-state index is 0.456. The zero-order valence-electron chi connectivity index (χ0n) is 19.2. The molecule has 1 aliphatic rings. The lowest BCUT2D eigenvalue weighted by Gasteiger charge is -2.33. The Balaban J connectivity index is 1.31. The van der Waals surface area contributed by atoms with Crippen molar-refractivity contribution >= 4 is 5.96 Å². The predicted molar refractivity (Wildman–Crippen MR) is 131 cm³/mol. The van der Waals surface area contributed by atoms with Crippen molar-refractivity contribution in [1.82, 2.24) is 25.3 Å². The third kappa shape index (κ3) is 6.20. The third-order valence-corrected chi connectivity index (χ3v) is 5.86. The highest BCUT2D eigenvalue weighted by molar-refractivity contribution is 5.80. The molecule has 0 amide bonds. The Labute approximate surface area is 191 Å². The lowest BCUT2D eigenvalue weighted by Crippen LogP contribution is -2.48. The molecule has 32 heavy (non-hydrogen) atoms. The van der Waals surface area contributed by atoms with Gasteiger partial charge in [-0.25, -0.2) is 9.67 Å². The second kappa shape index (κ2) is 11.0. The minimum atomic E-state index is 0.456. The summed E-state index contributed by atoms with van der Waals surface area (Å²) >= 11 is 0. The summed E-state index contributed by atoms with van der Waals surface area (Å²) in [4.78, 5) is 7.40. The maximum Gasteiger partial charge on any atom is 0.191 e. The van der Waals surface area contributed by atoms with E-state index in [0.29, 0.717) is 12.6 Å². The average Bonchev–Trinajstić information content (AvgIpc) is 3.34. The first-order chi connectivity index (χ1) is 15.7. The molecule has 1 fully saturated rings. The van der Waals surface area contributed by atoms with E-state index in [1.807, 2.05) is 16.9 Å². The fourth-order valence-corrected chi connectivity index (χ4v) is 4.21. The van der Waals surface area contributed by atoms with Gasteiger partial charge in [0.25, 0.3) is 0 Å². The van der Waals surface area contributed by atoms with Gasteiger partial charge in [-0.15, -0.1) is 0 Å². The van der Waals surface area contributed by atoms with Gasteiger partial charge in [0.2, 0.25) is 0 Å². The summed E-state index contributed by atoms with van der Waals surface area (Å²) in [6.45, 7) is 9.01. The van der Waals surface area contributed by atoms with Crippen molar-refractivity contribution in [3.63, 3.8) is 0 Å². The van der Waals surface area contributed by atoms with E-state index in [0.717, 1.165) is 50.7 Å². The summed E-state index contributed by atoms with van der Waals surface area (Å²) in [5, 5.41) is 11.4. The number of nitrogens with one attached hydrogen (secondary N) is 2. The van der Waals surface area contributed by atoms with Crippen LogP contribution in [-0.4, -0.2) is 46.3 Å². The summed E-state index contributed by atoms with van der Waals surface area (Å²) in [6, 6.07) is 19.6. The number of aliphatic imine (C=N–C) groups is 1. The van der Waals surface area contributed by atoms with Gasteiger partial charge in [0, 0.05) is 44.6 Å². The SMILES string of the molecule is CCNC(=NCc1cccc(-n2cccn2)c1)NC1CCN(Cc2cccc(C)c2)CC1. The number of piperidine rings is 1. The van der Waals surface area contributed by atoms with Crippen molar-refractivity contribution in [2.45, 2.75) is 45.8 Å². The molecule has 3 aromatic rings. The lowest BCUT2D eigenvalue weighted by atomic mass is 10.0. The van der Waals surface area contributed by atoms with Crippen LogP contribution in [0.15, 0.2) is 72.0 Å². The molecule has 0 bridgehead atoms. The molecule has 6 nitrogen and oxygen atoms in total. The smallest absolute Gasteiger partial charge is 0.191 e. The second-order valence-corrected chi connectivity index (χ2v) is 8.50. The van der Waals surface area contributed by atoms with Crippen LogP contribution >= 0.6 is 0 Å². The van der Waals surface area contributed by atoms with Crippen LogP contribution in [0.1, 0.15) is 36.5 Å². The maximum atomic E-state index is 4.85. The molecule has 2 aromatic carbocycles. The van der Waals surface area contributed by atoms with Gasteiger partial charge >= 0.3 is 0 Å². The first kappa shape index (κ1) is 22.1. The van der Waals surface area contributed by atoms with Crippen molar-refractivity contribution in [1.29, 1.82) is 0 Å². The Hall–Kier alpha value is -3.12. The van der Waals surface area contributed by atoms with E-state index in [-0.39, 0.29) is 0 Å². The van der Waals surface area contributed by atoms with Gasteiger partial charge in [-0.3, -0.25) is 4.90 Å². The van der Waals surface area contributed by atoms with Crippen LogP contribution in [0, 0.1) is 6.92 Å². The fourth-order valence-electron chi connectivity index (χ4n) is 4.21. The van der Waals surface area contributed by atoms with E-state index < -0.39 is 0 Å². The van der Waals surface area contributed by atoms with Crippen LogP contribution in [0.25, 0.3) is 5.69 Å². The quantitative estimate of drug-likeness (QED) is 0.441. The first-order valence-corrected chi connectivity index (χ1v) is 11.6. The molecule has 1 saturated heterocycles. The number of guanidine groups is 1. The topological polar surface area (TPSA) is 57.5 Å². The summed E-state index contributed by atoms with van der Waals surface area (Å²) in [5.74, 6) is 0.897. The van der Waals surface area contributed by atoms with Crippen LogP contribution in [-0.2, 0) is 13.1 Å². The molecule has 0 unspecified atom stereocenters. The molecule has 2 heterocycles. The largest absolute Gasteiger partial charge is 0.357 e. The van der Waals surface area contributed by atoms with Gasteiger partial charge in [-0.1, -0.05) is 42.0 Å². The Morgan fingerprint density at radius 1 is 1.06 bits per heavy atom. The zero-order valence-corrected chi connectivity index (χ0v) is 19.2. The van der Waals surface area contributed by atoms with Crippen molar-refractivity contribution in [2.24, 2.45) is 4.99 Å². The molecule has 168 valence electrons. The zero-order chi connectivity index (χ0) is 22.2. The number of aromatic nitrogens is 2. The van der Waals surface area contributed by atoms with E-state index in [1.54, 1.807) is 6.20 Å². The van der Waals surface area contributed by atoms with Crippen LogP contribution in [0.2, 0.25) is 0 Å². The van der Waals surface area contributed by atoms with Crippen LogP contribution < -0.4 is 10.6 Å². The summed E-state index contributed by atoms with van der Waals surface area (Å²) < 4.78 is 1.88. The summed E-state index contributed by atoms with van der Waals surface area (Å²) in [5.41, 5.74) is 4.97. The monoisotopic (exact) mass is 430 g/mol. The molecule has 0 spiro atoms. The van der Waals surface area contributed by atoms with Gasteiger partial charge in [0.05, 0.1) is 12.2 Å². The van der Waals surface area contributed by atoms with Gasteiger partial charge in [0.15, 0.2) is 5.96 Å². The Morgan fingerprint density at radius 3 is 2.62 bits per heavy atom. The third-order valence-electron chi connectivity index (χ3n) is 5.86.